The average Bonchev–Trinajstić information content (AvgIpc) is 2.26. The van der Waals surface area contributed by atoms with E-state index in [1.54, 1.807) is 0 Å². The van der Waals surface area contributed by atoms with Crippen molar-refractivity contribution in [3.05, 3.63) is 41.4 Å². The van der Waals surface area contributed by atoms with E-state index in [1.807, 2.05) is 45.8 Å². The normalized spacial score (nSPS) is 11.7. The Morgan fingerprint density at radius 3 is 2.06 bits per heavy atom. The molecule has 0 aliphatic rings. The van der Waals surface area contributed by atoms with Crippen LogP contribution in [0, 0.1) is 6.92 Å². The number of benzene rings is 1. The van der Waals surface area contributed by atoms with E-state index in [1.165, 1.54) is 11.1 Å². The number of hydrogen-bond donors (Lipinski definition) is 0. The van der Waals surface area contributed by atoms with Crippen molar-refractivity contribution in [2.75, 3.05) is 0 Å². The SMILES string of the molecule is Cc1ccccc1/C=C/B(OC(C)C)OC(C)C. The summed E-state index contributed by atoms with van der Waals surface area (Å²) >= 11 is 0. The molecule has 1 rings (SSSR count). The molecule has 0 heterocycles. The maximum absolute atomic E-state index is 5.71. The van der Waals surface area contributed by atoms with Gasteiger partial charge in [-0.25, -0.2) is 0 Å². The summed E-state index contributed by atoms with van der Waals surface area (Å²) in [7, 11) is -0.287. The minimum absolute atomic E-state index is 0.148. The second kappa shape index (κ2) is 7.40. The molecule has 0 aliphatic carbocycles. The van der Waals surface area contributed by atoms with E-state index in [2.05, 4.69) is 25.1 Å². The molecule has 0 aromatic heterocycles. The van der Waals surface area contributed by atoms with Gasteiger partial charge in [0.15, 0.2) is 0 Å². The van der Waals surface area contributed by atoms with Crippen molar-refractivity contribution in [2.45, 2.75) is 46.8 Å². The lowest BCUT2D eigenvalue weighted by atomic mass is 9.87. The Kier molecular flexibility index (Phi) is 6.16. The van der Waals surface area contributed by atoms with Gasteiger partial charge < -0.3 is 9.31 Å². The lowest BCUT2D eigenvalue weighted by Crippen LogP contribution is -2.27. The summed E-state index contributed by atoms with van der Waals surface area (Å²) in [4.78, 5) is 0. The molecule has 98 valence electrons. The van der Waals surface area contributed by atoms with E-state index in [0.717, 1.165) is 0 Å². The third-order valence-electron chi connectivity index (χ3n) is 2.43. The van der Waals surface area contributed by atoms with Crippen LogP contribution in [-0.2, 0) is 9.31 Å². The molecule has 0 N–H and O–H groups in total. The van der Waals surface area contributed by atoms with Crippen molar-refractivity contribution in [1.82, 2.24) is 0 Å². The van der Waals surface area contributed by atoms with E-state index in [0.29, 0.717) is 0 Å². The predicted octanol–water partition coefficient (Wildman–Crippen LogP) is 3.89. The maximum Gasteiger partial charge on any atom is 0.486 e. The van der Waals surface area contributed by atoms with Crippen LogP contribution in [-0.4, -0.2) is 19.3 Å². The molecule has 0 spiro atoms. The second-order valence-electron chi connectivity index (χ2n) is 4.95. The molecule has 0 unspecified atom stereocenters. The zero-order chi connectivity index (χ0) is 13.5. The molecule has 1 aromatic rings. The third-order valence-corrected chi connectivity index (χ3v) is 2.43. The summed E-state index contributed by atoms with van der Waals surface area (Å²) < 4.78 is 11.4. The van der Waals surface area contributed by atoms with Crippen molar-refractivity contribution in [1.29, 1.82) is 0 Å². The fourth-order valence-electron chi connectivity index (χ4n) is 1.62. The second-order valence-corrected chi connectivity index (χ2v) is 4.95. The van der Waals surface area contributed by atoms with Crippen molar-refractivity contribution < 1.29 is 9.31 Å². The predicted molar refractivity (Wildman–Crippen MR) is 78.4 cm³/mol. The third kappa shape index (κ3) is 5.52. The Balaban J connectivity index is 2.73. The van der Waals surface area contributed by atoms with Crippen LogP contribution < -0.4 is 0 Å². The molecular weight excluding hydrogens is 223 g/mol. The van der Waals surface area contributed by atoms with Gasteiger partial charge >= 0.3 is 7.12 Å². The van der Waals surface area contributed by atoms with Crippen LogP contribution in [0.25, 0.3) is 6.08 Å². The highest BCUT2D eigenvalue weighted by atomic mass is 16.6. The standard InChI is InChI=1S/C15H23BO2/c1-12(2)17-16(18-13(3)4)11-10-15-9-7-6-8-14(15)5/h6-13H,1-5H3/b11-10+. The summed E-state index contributed by atoms with van der Waals surface area (Å²) in [6.45, 7) is 10.1. The van der Waals surface area contributed by atoms with Crippen LogP contribution in [0.3, 0.4) is 0 Å². The van der Waals surface area contributed by atoms with Gasteiger partial charge in [-0.15, -0.1) is 0 Å². The monoisotopic (exact) mass is 246 g/mol. The topological polar surface area (TPSA) is 18.5 Å². The molecule has 2 nitrogen and oxygen atoms in total. The summed E-state index contributed by atoms with van der Waals surface area (Å²) in [6, 6.07) is 8.27. The molecular formula is C15H23BO2. The molecule has 0 amide bonds. The zero-order valence-corrected chi connectivity index (χ0v) is 12.0. The van der Waals surface area contributed by atoms with Crippen LogP contribution in [0.15, 0.2) is 30.2 Å². The van der Waals surface area contributed by atoms with Crippen LogP contribution in [0.4, 0.5) is 0 Å². The molecule has 0 atom stereocenters. The van der Waals surface area contributed by atoms with Gasteiger partial charge in [-0.2, -0.15) is 0 Å². The lowest BCUT2D eigenvalue weighted by molar-refractivity contribution is 0.138. The van der Waals surface area contributed by atoms with Gasteiger partial charge in [0, 0.05) is 12.2 Å². The van der Waals surface area contributed by atoms with Gasteiger partial charge in [-0.05, 0) is 45.7 Å². The van der Waals surface area contributed by atoms with Crippen LogP contribution in [0.2, 0.25) is 0 Å². The number of aryl methyl sites for hydroxylation is 1. The summed E-state index contributed by atoms with van der Waals surface area (Å²) in [5.74, 6) is 1.97. The molecule has 0 saturated carbocycles. The van der Waals surface area contributed by atoms with Crippen molar-refractivity contribution in [2.24, 2.45) is 0 Å². The van der Waals surface area contributed by atoms with Crippen LogP contribution in [0.1, 0.15) is 38.8 Å². The van der Waals surface area contributed by atoms with Crippen molar-refractivity contribution in [3.63, 3.8) is 0 Å². The van der Waals surface area contributed by atoms with Gasteiger partial charge in [0.25, 0.3) is 0 Å². The highest BCUT2D eigenvalue weighted by molar-refractivity contribution is 6.51. The van der Waals surface area contributed by atoms with Crippen LogP contribution in [0.5, 0.6) is 0 Å². The first-order valence-electron chi connectivity index (χ1n) is 6.53. The fraction of sp³-hybridized carbons (Fsp3) is 0.467. The Labute approximate surface area is 111 Å². The minimum atomic E-state index is -0.287. The van der Waals surface area contributed by atoms with Gasteiger partial charge in [0.1, 0.15) is 0 Å². The Morgan fingerprint density at radius 1 is 1.00 bits per heavy atom. The van der Waals surface area contributed by atoms with E-state index in [4.69, 9.17) is 9.31 Å². The molecule has 0 aliphatic heterocycles. The Hall–Kier alpha value is -1.06. The summed E-state index contributed by atoms with van der Waals surface area (Å²) in [6.07, 6.45) is 2.36. The average molecular weight is 246 g/mol. The van der Waals surface area contributed by atoms with Crippen molar-refractivity contribution >= 4 is 13.2 Å². The first-order valence-corrected chi connectivity index (χ1v) is 6.53. The summed E-state index contributed by atoms with van der Waals surface area (Å²) in [5, 5.41) is 0. The first-order chi connectivity index (χ1) is 8.49. The molecule has 0 saturated heterocycles. The van der Waals surface area contributed by atoms with Gasteiger partial charge in [0.05, 0.1) is 0 Å². The number of hydrogen-bond acceptors (Lipinski definition) is 2. The van der Waals surface area contributed by atoms with E-state index in [-0.39, 0.29) is 19.3 Å². The highest BCUT2D eigenvalue weighted by Crippen LogP contribution is 2.10. The van der Waals surface area contributed by atoms with E-state index < -0.39 is 0 Å². The Bertz CT molecular complexity index is 376. The first kappa shape index (κ1) is 15.0. The van der Waals surface area contributed by atoms with Crippen molar-refractivity contribution in [3.8, 4) is 0 Å². The van der Waals surface area contributed by atoms with Gasteiger partial charge in [-0.1, -0.05) is 36.3 Å². The van der Waals surface area contributed by atoms with Crippen LogP contribution >= 0.6 is 0 Å². The molecule has 1 aromatic carbocycles. The molecule has 3 heteroatoms. The highest BCUT2D eigenvalue weighted by Gasteiger charge is 2.17. The maximum atomic E-state index is 5.71. The summed E-state index contributed by atoms with van der Waals surface area (Å²) in [5.41, 5.74) is 2.45. The molecule has 0 radical (unpaired) electrons. The molecule has 0 bridgehead atoms. The largest absolute Gasteiger partial charge is 0.486 e. The fourth-order valence-corrected chi connectivity index (χ4v) is 1.62. The molecule has 0 fully saturated rings. The van der Waals surface area contributed by atoms with Gasteiger partial charge in [-0.3, -0.25) is 0 Å². The number of rotatable bonds is 6. The lowest BCUT2D eigenvalue weighted by Gasteiger charge is -2.16. The quantitative estimate of drug-likeness (QED) is 0.709. The molecule has 18 heavy (non-hydrogen) atoms. The van der Waals surface area contributed by atoms with E-state index in [9.17, 15) is 0 Å². The Morgan fingerprint density at radius 2 is 1.56 bits per heavy atom. The van der Waals surface area contributed by atoms with Gasteiger partial charge in [0.2, 0.25) is 0 Å². The minimum Gasteiger partial charge on any atom is -0.405 e. The smallest absolute Gasteiger partial charge is 0.405 e. The van der Waals surface area contributed by atoms with E-state index >= 15 is 0 Å². The zero-order valence-electron chi connectivity index (χ0n) is 12.0.